The first-order valence-electron chi connectivity index (χ1n) is 5.50. The summed E-state index contributed by atoms with van der Waals surface area (Å²) in [6, 6.07) is 0. The Balaban J connectivity index is 2.05. The highest BCUT2D eigenvalue weighted by molar-refractivity contribution is 5.71. The van der Waals surface area contributed by atoms with Gasteiger partial charge in [-0.05, 0) is 40.0 Å². The highest BCUT2D eigenvalue weighted by atomic mass is 16.6. The van der Waals surface area contributed by atoms with Crippen molar-refractivity contribution in [3.63, 3.8) is 0 Å². The molecule has 1 amide bonds. The van der Waals surface area contributed by atoms with Crippen molar-refractivity contribution in [2.75, 3.05) is 6.54 Å². The average Bonchev–Trinajstić information content (AvgIpc) is 2.68. The normalized spacial score (nSPS) is 23.4. The van der Waals surface area contributed by atoms with Crippen LogP contribution in [0.5, 0.6) is 0 Å². The molecule has 1 spiro atoms. The molecule has 0 aromatic heterocycles. The Bertz CT molecular complexity index is 310. The second-order valence-corrected chi connectivity index (χ2v) is 5.72. The summed E-state index contributed by atoms with van der Waals surface area (Å²) in [5.41, 5.74) is 0.828. The number of carbonyl (C=O) groups is 1. The number of hydrogen-bond donors (Lipinski definition) is 0. The number of likely N-dealkylation sites (tertiary alicyclic amines) is 1. The Kier molecular flexibility index (Phi) is 2.11. The summed E-state index contributed by atoms with van der Waals surface area (Å²) in [5, 5.41) is 0. The van der Waals surface area contributed by atoms with Gasteiger partial charge >= 0.3 is 6.09 Å². The van der Waals surface area contributed by atoms with Gasteiger partial charge < -0.3 is 4.74 Å². The lowest BCUT2D eigenvalue weighted by Gasteiger charge is -2.28. The van der Waals surface area contributed by atoms with Crippen LogP contribution in [0.1, 0.15) is 40.0 Å². The molecule has 0 radical (unpaired) electrons. The molecule has 15 heavy (non-hydrogen) atoms. The van der Waals surface area contributed by atoms with Crippen LogP contribution >= 0.6 is 0 Å². The van der Waals surface area contributed by atoms with Crippen molar-refractivity contribution < 1.29 is 9.53 Å². The van der Waals surface area contributed by atoms with Crippen molar-refractivity contribution in [3.05, 3.63) is 12.2 Å². The van der Waals surface area contributed by atoms with Crippen molar-refractivity contribution >= 4 is 6.09 Å². The standard InChI is InChI=1S/C12H19NO2/c1-9-7-12(5-6-12)13(8-9)10(14)15-11(2,3)4/h1,5-8H2,2-4H3. The second-order valence-electron chi connectivity index (χ2n) is 5.72. The molecule has 84 valence electrons. The third-order valence-electron chi connectivity index (χ3n) is 2.97. The zero-order valence-electron chi connectivity index (χ0n) is 9.80. The van der Waals surface area contributed by atoms with Gasteiger partial charge in [-0.3, -0.25) is 4.90 Å². The summed E-state index contributed by atoms with van der Waals surface area (Å²) >= 11 is 0. The largest absolute Gasteiger partial charge is 0.444 e. The quantitative estimate of drug-likeness (QED) is 0.574. The van der Waals surface area contributed by atoms with E-state index in [4.69, 9.17) is 4.74 Å². The van der Waals surface area contributed by atoms with Crippen molar-refractivity contribution in [3.8, 4) is 0 Å². The summed E-state index contributed by atoms with van der Waals surface area (Å²) in [4.78, 5) is 13.8. The van der Waals surface area contributed by atoms with Crippen LogP contribution in [0.15, 0.2) is 12.2 Å². The molecule has 0 unspecified atom stereocenters. The molecule has 1 saturated heterocycles. The van der Waals surface area contributed by atoms with E-state index in [1.807, 2.05) is 25.7 Å². The van der Waals surface area contributed by atoms with Crippen LogP contribution in [0.2, 0.25) is 0 Å². The van der Waals surface area contributed by atoms with Gasteiger partial charge in [0.05, 0.1) is 5.54 Å². The van der Waals surface area contributed by atoms with Crippen LogP contribution < -0.4 is 0 Å². The minimum Gasteiger partial charge on any atom is -0.444 e. The molecule has 3 nitrogen and oxygen atoms in total. The van der Waals surface area contributed by atoms with Gasteiger partial charge in [-0.2, -0.15) is 0 Å². The Labute approximate surface area is 91.1 Å². The fourth-order valence-corrected chi connectivity index (χ4v) is 2.17. The number of nitrogens with zero attached hydrogens (tertiary/aromatic N) is 1. The lowest BCUT2D eigenvalue weighted by molar-refractivity contribution is 0.0206. The molecule has 0 N–H and O–H groups in total. The summed E-state index contributed by atoms with van der Waals surface area (Å²) in [6.45, 7) is 10.3. The summed E-state index contributed by atoms with van der Waals surface area (Å²) in [5.74, 6) is 0. The summed E-state index contributed by atoms with van der Waals surface area (Å²) in [6.07, 6.45) is 2.99. The molecule has 1 saturated carbocycles. The maximum absolute atomic E-state index is 11.9. The number of amides is 1. The first-order chi connectivity index (χ1) is 6.82. The minimum absolute atomic E-state index is 0.0828. The Morgan fingerprint density at radius 2 is 2.07 bits per heavy atom. The van der Waals surface area contributed by atoms with Crippen LogP contribution in [0, 0.1) is 0 Å². The first kappa shape index (κ1) is 10.5. The summed E-state index contributed by atoms with van der Waals surface area (Å²) < 4.78 is 5.39. The predicted octanol–water partition coefficient (Wildman–Crippen LogP) is 2.72. The average molecular weight is 209 g/mol. The highest BCUT2D eigenvalue weighted by Crippen LogP contribution is 2.51. The van der Waals surface area contributed by atoms with Gasteiger partial charge in [-0.1, -0.05) is 12.2 Å². The molecular weight excluding hydrogens is 190 g/mol. The van der Waals surface area contributed by atoms with Gasteiger partial charge in [0.1, 0.15) is 5.60 Å². The van der Waals surface area contributed by atoms with E-state index >= 15 is 0 Å². The molecule has 1 aliphatic heterocycles. The SMILES string of the molecule is C=C1CN(C(=O)OC(C)(C)C)C2(CC2)C1. The zero-order valence-corrected chi connectivity index (χ0v) is 9.80. The van der Waals surface area contributed by atoms with E-state index in [0.717, 1.165) is 24.8 Å². The zero-order chi connectivity index (χ0) is 11.3. The summed E-state index contributed by atoms with van der Waals surface area (Å²) in [7, 11) is 0. The van der Waals surface area contributed by atoms with E-state index in [9.17, 15) is 4.79 Å². The van der Waals surface area contributed by atoms with E-state index in [-0.39, 0.29) is 11.6 Å². The molecule has 3 heteroatoms. The van der Waals surface area contributed by atoms with E-state index in [1.165, 1.54) is 0 Å². The third kappa shape index (κ3) is 2.01. The van der Waals surface area contributed by atoms with Crippen LogP contribution in [-0.4, -0.2) is 28.7 Å². The number of ether oxygens (including phenoxy) is 1. The smallest absolute Gasteiger partial charge is 0.411 e. The van der Waals surface area contributed by atoms with E-state index < -0.39 is 5.60 Å². The number of carbonyl (C=O) groups excluding carboxylic acids is 1. The topological polar surface area (TPSA) is 29.5 Å². The Morgan fingerprint density at radius 1 is 1.47 bits per heavy atom. The van der Waals surface area contributed by atoms with Crippen LogP contribution in [-0.2, 0) is 4.74 Å². The third-order valence-corrected chi connectivity index (χ3v) is 2.97. The fraction of sp³-hybridized carbons (Fsp3) is 0.750. The van der Waals surface area contributed by atoms with Crippen LogP contribution in [0.25, 0.3) is 0 Å². The van der Waals surface area contributed by atoms with E-state index in [2.05, 4.69) is 6.58 Å². The van der Waals surface area contributed by atoms with Gasteiger partial charge in [0.25, 0.3) is 0 Å². The second kappa shape index (κ2) is 3.00. The van der Waals surface area contributed by atoms with Gasteiger partial charge in [0, 0.05) is 6.54 Å². The van der Waals surface area contributed by atoms with Gasteiger partial charge in [0.2, 0.25) is 0 Å². The molecule has 1 heterocycles. The molecular formula is C12H19NO2. The molecule has 1 aliphatic carbocycles. The predicted molar refractivity (Wildman–Crippen MR) is 58.7 cm³/mol. The van der Waals surface area contributed by atoms with E-state index in [1.54, 1.807) is 0 Å². The van der Waals surface area contributed by atoms with Gasteiger partial charge in [-0.25, -0.2) is 4.79 Å². The molecule has 0 aromatic rings. The Morgan fingerprint density at radius 3 is 2.53 bits per heavy atom. The lowest BCUT2D eigenvalue weighted by atomic mass is 10.1. The fourth-order valence-electron chi connectivity index (χ4n) is 2.17. The minimum atomic E-state index is -0.406. The monoisotopic (exact) mass is 209 g/mol. The Hall–Kier alpha value is -0.990. The maximum Gasteiger partial charge on any atom is 0.411 e. The molecule has 2 fully saturated rings. The van der Waals surface area contributed by atoms with E-state index in [0.29, 0.717) is 6.54 Å². The van der Waals surface area contributed by atoms with Crippen LogP contribution in [0.3, 0.4) is 0 Å². The van der Waals surface area contributed by atoms with Crippen molar-refractivity contribution in [1.82, 2.24) is 4.90 Å². The number of rotatable bonds is 0. The molecule has 0 atom stereocenters. The molecule has 0 aromatic carbocycles. The van der Waals surface area contributed by atoms with Crippen LogP contribution in [0.4, 0.5) is 4.79 Å². The first-order valence-corrected chi connectivity index (χ1v) is 5.50. The van der Waals surface area contributed by atoms with Gasteiger partial charge in [0.15, 0.2) is 0 Å². The van der Waals surface area contributed by atoms with Crippen molar-refractivity contribution in [2.24, 2.45) is 0 Å². The molecule has 2 aliphatic rings. The highest BCUT2D eigenvalue weighted by Gasteiger charge is 2.55. The molecule has 2 rings (SSSR count). The van der Waals surface area contributed by atoms with Crippen molar-refractivity contribution in [2.45, 2.75) is 51.2 Å². The lowest BCUT2D eigenvalue weighted by Crippen LogP contribution is -2.41. The van der Waals surface area contributed by atoms with Gasteiger partial charge in [-0.15, -0.1) is 0 Å². The molecule has 0 bridgehead atoms. The maximum atomic E-state index is 11.9. The number of hydrogen-bond acceptors (Lipinski definition) is 2. The van der Waals surface area contributed by atoms with Crippen molar-refractivity contribution in [1.29, 1.82) is 0 Å².